The molecule has 1 aromatic heterocycles. The van der Waals surface area contributed by atoms with Gasteiger partial charge in [0.25, 0.3) is 0 Å². The summed E-state index contributed by atoms with van der Waals surface area (Å²) < 4.78 is 5.69. The lowest BCUT2D eigenvalue weighted by molar-refractivity contribution is 0.341. The van der Waals surface area contributed by atoms with Crippen LogP contribution in [0.25, 0.3) is 10.6 Å². The number of nitrogens with zero attached hydrogens (tertiary/aromatic N) is 2. The average molecular weight is 300 g/mol. The van der Waals surface area contributed by atoms with Gasteiger partial charge in [-0.2, -0.15) is 5.26 Å². The average Bonchev–Trinajstić information content (AvgIpc) is 2.84. The van der Waals surface area contributed by atoms with Crippen molar-refractivity contribution >= 4 is 11.3 Å². The third kappa shape index (κ3) is 3.43. The number of hydrogen-bond donors (Lipinski definition) is 0. The Balaban J connectivity index is 2.53. The first kappa shape index (κ1) is 15.5. The first-order chi connectivity index (χ1) is 9.97. The Morgan fingerprint density at radius 3 is 2.62 bits per heavy atom. The summed E-state index contributed by atoms with van der Waals surface area (Å²) in [6.07, 6.45) is 0.404. The summed E-state index contributed by atoms with van der Waals surface area (Å²) in [6.45, 7) is 8.98. The maximum absolute atomic E-state index is 9.03. The highest BCUT2D eigenvalue weighted by atomic mass is 32.1. The molecule has 1 aromatic carbocycles. The zero-order chi connectivity index (χ0) is 15.5. The van der Waals surface area contributed by atoms with Crippen LogP contribution >= 0.6 is 11.3 Å². The summed E-state index contributed by atoms with van der Waals surface area (Å²) in [5, 5.41) is 9.96. The van der Waals surface area contributed by atoms with Crippen molar-refractivity contribution in [3.63, 3.8) is 0 Å². The van der Waals surface area contributed by atoms with Crippen molar-refractivity contribution in [2.75, 3.05) is 6.61 Å². The number of hydrogen-bond acceptors (Lipinski definition) is 4. The van der Waals surface area contributed by atoms with Crippen LogP contribution < -0.4 is 4.74 Å². The van der Waals surface area contributed by atoms with Crippen molar-refractivity contribution in [3.8, 4) is 22.4 Å². The molecule has 0 saturated carbocycles. The minimum absolute atomic E-state index is 0.0680. The van der Waals surface area contributed by atoms with Crippen LogP contribution in [-0.4, -0.2) is 11.6 Å². The van der Waals surface area contributed by atoms with Gasteiger partial charge in [-0.3, -0.25) is 0 Å². The fraction of sp³-hybridized carbons (Fsp3) is 0.412. The molecule has 0 aliphatic carbocycles. The standard InChI is InChI=1S/C17H20N2OS/c1-5-20-13-9-7-6-8-12(13)16-19-15(17(2,3)4)14(21-16)10-11-18/h6-9H,5,10H2,1-4H3. The topological polar surface area (TPSA) is 45.9 Å². The molecule has 110 valence electrons. The van der Waals surface area contributed by atoms with Gasteiger partial charge in [0.1, 0.15) is 10.8 Å². The predicted molar refractivity (Wildman–Crippen MR) is 86.7 cm³/mol. The Labute approximate surface area is 130 Å². The number of aromatic nitrogens is 1. The van der Waals surface area contributed by atoms with Crippen LogP contribution in [0.3, 0.4) is 0 Å². The van der Waals surface area contributed by atoms with Gasteiger partial charge < -0.3 is 4.74 Å². The highest BCUT2D eigenvalue weighted by Crippen LogP contribution is 2.38. The number of para-hydroxylation sites is 1. The zero-order valence-corrected chi connectivity index (χ0v) is 13.8. The van der Waals surface area contributed by atoms with Gasteiger partial charge in [-0.1, -0.05) is 32.9 Å². The van der Waals surface area contributed by atoms with Gasteiger partial charge in [0.2, 0.25) is 0 Å². The van der Waals surface area contributed by atoms with Crippen molar-refractivity contribution in [1.82, 2.24) is 4.98 Å². The lowest BCUT2D eigenvalue weighted by Crippen LogP contribution is -2.13. The molecule has 2 aromatic rings. The monoisotopic (exact) mass is 300 g/mol. The number of nitriles is 1. The van der Waals surface area contributed by atoms with Crippen LogP contribution in [0.15, 0.2) is 24.3 Å². The molecular weight excluding hydrogens is 280 g/mol. The van der Waals surface area contributed by atoms with Crippen molar-refractivity contribution in [2.45, 2.75) is 39.5 Å². The van der Waals surface area contributed by atoms with Crippen molar-refractivity contribution in [2.24, 2.45) is 0 Å². The molecule has 0 amide bonds. The van der Waals surface area contributed by atoms with Crippen LogP contribution in [0.1, 0.15) is 38.3 Å². The van der Waals surface area contributed by atoms with E-state index in [-0.39, 0.29) is 5.41 Å². The van der Waals surface area contributed by atoms with Crippen LogP contribution in [0.2, 0.25) is 0 Å². The highest BCUT2D eigenvalue weighted by Gasteiger charge is 2.24. The van der Waals surface area contributed by atoms with Crippen molar-refractivity contribution < 1.29 is 4.74 Å². The van der Waals surface area contributed by atoms with E-state index in [0.717, 1.165) is 26.9 Å². The number of thiazole rings is 1. The summed E-state index contributed by atoms with van der Waals surface area (Å²) in [5.41, 5.74) is 1.94. The molecule has 0 N–H and O–H groups in total. The summed E-state index contributed by atoms with van der Waals surface area (Å²) in [5.74, 6) is 0.845. The first-order valence-corrected chi connectivity index (χ1v) is 7.88. The molecule has 2 rings (SSSR count). The molecule has 0 aliphatic heterocycles. The molecule has 1 heterocycles. The van der Waals surface area contributed by atoms with Crippen LogP contribution in [0, 0.1) is 11.3 Å². The summed E-state index contributed by atoms with van der Waals surface area (Å²) in [7, 11) is 0. The quantitative estimate of drug-likeness (QED) is 0.830. The van der Waals surface area contributed by atoms with Crippen LogP contribution in [0.5, 0.6) is 5.75 Å². The maximum Gasteiger partial charge on any atom is 0.129 e. The summed E-state index contributed by atoms with van der Waals surface area (Å²) in [4.78, 5) is 5.85. The van der Waals surface area contributed by atoms with Gasteiger partial charge in [-0.15, -0.1) is 11.3 Å². The van der Waals surface area contributed by atoms with E-state index in [1.54, 1.807) is 11.3 Å². The van der Waals surface area contributed by atoms with Gasteiger partial charge in [0, 0.05) is 10.3 Å². The van der Waals surface area contributed by atoms with E-state index >= 15 is 0 Å². The Morgan fingerprint density at radius 1 is 1.29 bits per heavy atom. The van der Waals surface area contributed by atoms with E-state index in [4.69, 9.17) is 15.0 Å². The molecule has 0 bridgehead atoms. The Hall–Kier alpha value is -1.86. The fourth-order valence-corrected chi connectivity index (χ4v) is 3.40. The molecule has 21 heavy (non-hydrogen) atoms. The SMILES string of the molecule is CCOc1ccccc1-c1nc(C(C)(C)C)c(CC#N)s1. The van der Waals surface area contributed by atoms with Crippen LogP contribution in [-0.2, 0) is 11.8 Å². The van der Waals surface area contributed by atoms with Gasteiger partial charge in [0.05, 0.1) is 30.4 Å². The Kier molecular flexibility index (Phi) is 4.64. The molecule has 0 spiro atoms. The van der Waals surface area contributed by atoms with Crippen LogP contribution in [0.4, 0.5) is 0 Å². The smallest absolute Gasteiger partial charge is 0.129 e. The minimum Gasteiger partial charge on any atom is -0.493 e. The second-order valence-electron chi connectivity index (χ2n) is 5.80. The number of rotatable bonds is 4. The Morgan fingerprint density at radius 2 is 2.00 bits per heavy atom. The van der Waals surface area contributed by atoms with Crippen molar-refractivity contribution in [3.05, 3.63) is 34.8 Å². The molecule has 0 radical (unpaired) electrons. The second kappa shape index (κ2) is 6.28. The molecule has 0 fully saturated rings. The maximum atomic E-state index is 9.03. The van der Waals surface area contributed by atoms with Gasteiger partial charge in [-0.05, 0) is 19.1 Å². The van der Waals surface area contributed by atoms with Gasteiger partial charge in [0.15, 0.2) is 0 Å². The summed E-state index contributed by atoms with van der Waals surface area (Å²) in [6, 6.07) is 10.2. The van der Waals surface area contributed by atoms with E-state index in [2.05, 4.69) is 26.8 Å². The van der Waals surface area contributed by atoms with Gasteiger partial charge >= 0.3 is 0 Å². The van der Waals surface area contributed by atoms with E-state index in [1.165, 1.54) is 0 Å². The van der Waals surface area contributed by atoms with E-state index in [9.17, 15) is 0 Å². The third-order valence-corrected chi connectivity index (χ3v) is 4.15. The van der Waals surface area contributed by atoms with E-state index < -0.39 is 0 Å². The molecule has 4 heteroatoms. The largest absolute Gasteiger partial charge is 0.493 e. The third-order valence-electron chi connectivity index (χ3n) is 3.06. The minimum atomic E-state index is -0.0680. The summed E-state index contributed by atoms with van der Waals surface area (Å²) >= 11 is 1.59. The normalized spacial score (nSPS) is 11.2. The predicted octanol–water partition coefficient (Wildman–Crippen LogP) is 4.57. The molecule has 0 aliphatic rings. The molecular formula is C17H20N2OS. The molecule has 3 nitrogen and oxygen atoms in total. The molecule has 0 saturated heterocycles. The lowest BCUT2D eigenvalue weighted by Gasteiger charge is -2.16. The lowest BCUT2D eigenvalue weighted by atomic mass is 9.91. The zero-order valence-electron chi connectivity index (χ0n) is 12.9. The number of benzene rings is 1. The Bertz CT molecular complexity index is 662. The second-order valence-corrected chi connectivity index (χ2v) is 6.89. The fourth-order valence-electron chi connectivity index (χ4n) is 2.17. The van der Waals surface area contributed by atoms with Gasteiger partial charge in [-0.25, -0.2) is 4.98 Å². The highest BCUT2D eigenvalue weighted by molar-refractivity contribution is 7.15. The van der Waals surface area contributed by atoms with E-state index in [1.807, 2.05) is 31.2 Å². The number of ether oxygens (including phenoxy) is 1. The van der Waals surface area contributed by atoms with E-state index in [0.29, 0.717) is 13.0 Å². The van der Waals surface area contributed by atoms with Crippen molar-refractivity contribution in [1.29, 1.82) is 5.26 Å². The molecule has 0 unspecified atom stereocenters. The first-order valence-electron chi connectivity index (χ1n) is 7.06. The molecule has 0 atom stereocenters.